The summed E-state index contributed by atoms with van der Waals surface area (Å²) < 4.78 is 15.9. The molecule has 0 N–H and O–H groups in total. The Bertz CT molecular complexity index is 930. The fourth-order valence-electron chi connectivity index (χ4n) is 3.74. The van der Waals surface area contributed by atoms with Crippen LogP contribution in [0.25, 0.3) is 0 Å². The van der Waals surface area contributed by atoms with Gasteiger partial charge in [-0.25, -0.2) is 4.39 Å². The Balaban J connectivity index is 1.75. The summed E-state index contributed by atoms with van der Waals surface area (Å²) in [5.74, 6) is -0.730. The summed E-state index contributed by atoms with van der Waals surface area (Å²) in [4.78, 5) is 29.2. The minimum Gasteiger partial charge on any atom is -0.337 e. The van der Waals surface area contributed by atoms with E-state index in [9.17, 15) is 14.0 Å². The van der Waals surface area contributed by atoms with Gasteiger partial charge in [0.15, 0.2) is 5.69 Å². The Labute approximate surface area is 177 Å². The van der Waals surface area contributed by atoms with Crippen LogP contribution in [-0.4, -0.2) is 57.6 Å². The molecule has 1 aliphatic heterocycles. The lowest BCUT2D eigenvalue weighted by atomic mass is 10.1. The molecule has 1 aliphatic rings. The molecule has 7 heteroatoms. The average molecular weight is 415 g/mol. The molecule has 3 rings (SSSR count). The predicted molar refractivity (Wildman–Crippen MR) is 114 cm³/mol. The third-order valence-electron chi connectivity index (χ3n) is 5.36. The molecular weight excluding hydrogens is 383 g/mol. The number of carbonyl (C=O) groups is 2. The van der Waals surface area contributed by atoms with E-state index in [0.717, 1.165) is 5.69 Å². The molecule has 162 valence electrons. The van der Waals surface area contributed by atoms with Gasteiger partial charge in [0.05, 0.1) is 11.1 Å². The lowest BCUT2D eigenvalue weighted by Gasteiger charge is -2.24. The van der Waals surface area contributed by atoms with Crippen LogP contribution in [0.4, 0.5) is 4.39 Å². The molecule has 0 unspecified atom stereocenters. The first-order valence-corrected chi connectivity index (χ1v) is 10.5. The number of amides is 2. The van der Waals surface area contributed by atoms with Gasteiger partial charge in [0.2, 0.25) is 0 Å². The van der Waals surface area contributed by atoms with Crippen LogP contribution >= 0.6 is 0 Å². The molecule has 6 nitrogen and oxygen atoms in total. The number of hydrogen-bond donors (Lipinski definition) is 0. The van der Waals surface area contributed by atoms with Gasteiger partial charge in [-0.15, -0.1) is 0 Å². The van der Waals surface area contributed by atoms with Crippen molar-refractivity contribution in [2.45, 2.75) is 52.5 Å². The number of aromatic nitrogens is 2. The van der Waals surface area contributed by atoms with Crippen LogP contribution in [0.3, 0.4) is 0 Å². The molecule has 1 aromatic heterocycles. The van der Waals surface area contributed by atoms with Crippen molar-refractivity contribution in [1.82, 2.24) is 19.6 Å². The first-order valence-electron chi connectivity index (χ1n) is 10.5. The van der Waals surface area contributed by atoms with Crippen molar-refractivity contribution in [2.75, 3.05) is 26.2 Å². The number of halogens is 1. The Morgan fingerprint density at radius 2 is 1.60 bits per heavy atom. The standard InChI is InChI=1S/C23H31FN4O2/c1-16(2)20-15-19(25-28(20)23(3,4)5)22(30)27-12-8-11-26(13-14-27)21(29)17-9-6-7-10-18(17)24/h6-7,9-10,15-16H,8,11-14H2,1-5H3. The van der Waals surface area contributed by atoms with Crippen molar-refractivity contribution in [3.63, 3.8) is 0 Å². The molecule has 0 aliphatic carbocycles. The van der Waals surface area contributed by atoms with E-state index < -0.39 is 5.82 Å². The number of rotatable bonds is 3. The number of hydrogen-bond acceptors (Lipinski definition) is 3. The van der Waals surface area contributed by atoms with Crippen LogP contribution in [0.2, 0.25) is 0 Å². The quantitative estimate of drug-likeness (QED) is 0.766. The Morgan fingerprint density at radius 3 is 2.13 bits per heavy atom. The molecule has 0 radical (unpaired) electrons. The maximum atomic E-state index is 14.0. The second-order valence-corrected chi connectivity index (χ2v) is 9.11. The first kappa shape index (κ1) is 22.0. The van der Waals surface area contributed by atoms with Crippen LogP contribution in [0.1, 0.15) is 73.5 Å². The van der Waals surface area contributed by atoms with Gasteiger partial charge in [0, 0.05) is 31.9 Å². The summed E-state index contributed by atoms with van der Waals surface area (Å²) >= 11 is 0. The van der Waals surface area contributed by atoms with E-state index in [2.05, 4.69) is 39.7 Å². The van der Waals surface area contributed by atoms with Gasteiger partial charge in [-0.1, -0.05) is 26.0 Å². The molecule has 30 heavy (non-hydrogen) atoms. The van der Waals surface area contributed by atoms with E-state index in [4.69, 9.17) is 0 Å². The fraction of sp³-hybridized carbons (Fsp3) is 0.522. The lowest BCUT2D eigenvalue weighted by molar-refractivity contribution is 0.0712. The summed E-state index contributed by atoms with van der Waals surface area (Å²) in [6, 6.07) is 7.89. The second-order valence-electron chi connectivity index (χ2n) is 9.11. The minimum absolute atomic E-state index is 0.0720. The molecule has 0 atom stereocenters. The number of nitrogens with zero attached hydrogens (tertiary/aromatic N) is 4. The first-order chi connectivity index (χ1) is 14.1. The SMILES string of the molecule is CC(C)c1cc(C(=O)N2CCCN(C(=O)c3ccccc3F)CC2)nn1C(C)(C)C. The van der Waals surface area contributed by atoms with Gasteiger partial charge in [0.25, 0.3) is 11.8 Å². The Hall–Kier alpha value is -2.70. The molecule has 0 spiro atoms. The van der Waals surface area contributed by atoms with Crippen LogP contribution in [0.5, 0.6) is 0 Å². The second kappa shape index (κ2) is 8.58. The molecule has 2 heterocycles. The molecule has 0 saturated carbocycles. The van der Waals surface area contributed by atoms with Gasteiger partial charge in [0.1, 0.15) is 5.82 Å². The van der Waals surface area contributed by atoms with Crippen molar-refractivity contribution in [3.8, 4) is 0 Å². The summed E-state index contributed by atoms with van der Waals surface area (Å²) in [5.41, 5.74) is 1.31. The highest BCUT2D eigenvalue weighted by atomic mass is 19.1. The highest BCUT2D eigenvalue weighted by molar-refractivity contribution is 5.95. The minimum atomic E-state index is -0.520. The highest BCUT2D eigenvalue weighted by Crippen LogP contribution is 2.24. The molecule has 1 fully saturated rings. The molecule has 1 saturated heterocycles. The van der Waals surface area contributed by atoms with Crippen LogP contribution in [0, 0.1) is 5.82 Å². The topological polar surface area (TPSA) is 58.4 Å². The molecular formula is C23H31FN4O2. The maximum Gasteiger partial charge on any atom is 0.274 e. The maximum absolute atomic E-state index is 14.0. The fourth-order valence-corrected chi connectivity index (χ4v) is 3.74. The van der Waals surface area contributed by atoms with E-state index in [0.29, 0.717) is 38.3 Å². The van der Waals surface area contributed by atoms with Gasteiger partial charge >= 0.3 is 0 Å². The summed E-state index contributed by atoms with van der Waals surface area (Å²) in [6.45, 7) is 12.2. The van der Waals surface area contributed by atoms with Gasteiger partial charge in [-0.3, -0.25) is 14.3 Å². The smallest absolute Gasteiger partial charge is 0.274 e. The van der Waals surface area contributed by atoms with Crippen molar-refractivity contribution < 1.29 is 14.0 Å². The third-order valence-corrected chi connectivity index (χ3v) is 5.36. The monoisotopic (exact) mass is 414 g/mol. The van der Waals surface area contributed by atoms with E-state index in [1.165, 1.54) is 12.1 Å². The third kappa shape index (κ3) is 4.55. The van der Waals surface area contributed by atoms with Crippen LogP contribution in [0.15, 0.2) is 30.3 Å². The highest BCUT2D eigenvalue weighted by Gasteiger charge is 2.28. The van der Waals surface area contributed by atoms with Gasteiger partial charge in [-0.2, -0.15) is 5.10 Å². The summed E-state index contributed by atoms with van der Waals surface area (Å²) in [5, 5.41) is 4.62. The van der Waals surface area contributed by atoms with Crippen LogP contribution in [-0.2, 0) is 5.54 Å². The molecule has 2 amide bonds. The van der Waals surface area contributed by atoms with Gasteiger partial charge < -0.3 is 9.80 Å². The molecule has 1 aromatic carbocycles. The predicted octanol–water partition coefficient (Wildman–Crippen LogP) is 3.89. The van der Waals surface area contributed by atoms with Crippen molar-refractivity contribution in [3.05, 3.63) is 53.1 Å². The van der Waals surface area contributed by atoms with E-state index in [-0.39, 0.29) is 28.8 Å². The Morgan fingerprint density at radius 1 is 1.00 bits per heavy atom. The van der Waals surface area contributed by atoms with Crippen LogP contribution < -0.4 is 0 Å². The zero-order chi connectivity index (χ0) is 22.1. The zero-order valence-electron chi connectivity index (χ0n) is 18.5. The molecule has 2 aromatic rings. The van der Waals surface area contributed by atoms with Crippen molar-refractivity contribution in [1.29, 1.82) is 0 Å². The summed E-state index contributed by atoms with van der Waals surface area (Å²) in [6.07, 6.45) is 0.642. The number of carbonyl (C=O) groups excluding carboxylic acids is 2. The number of benzene rings is 1. The van der Waals surface area contributed by atoms with E-state index in [1.807, 2.05) is 10.7 Å². The molecule has 0 bridgehead atoms. The zero-order valence-corrected chi connectivity index (χ0v) is 18.5. The van der Waals surface area contributed by atoms with Crippen molar-refractivity contribution >= 4 is 11.8 Å². The lowest BCUT2D eigenvalue weighted by Crippen LogP contribution is -2.38. The largest absolute Gasteiger partial charge is 0.337 e. The van der Waals surface area contributed by atoms with Gasteiger partial charge in [-0.05, 0) is 51.3 Å². The van der Waals surface area contributed by atoms with E-state index >= 15 is 0 Å². The summed E-state index contributed by atoms with van der Waals surface area (Å²) in [7, 11) is 0. The van der Waals surface area contributed by atoms with E-state index in [1.54, 1.807) is 21.9 Å². The average Bonchev–Trinajstić information content (AvgIpc) is 3.01. The van der Waals surface area contributed by atoms with Crippen molar-refractivity contribution in [2.24, 2.45) is 0 Å². The Kier molecular flexibility index (Phi) is 6.29. The normalized spacial score (nSPS) is 15.4.